The van der Waals surface area contributed by atoms with Crippen molar-refractivity contribution in [1.29, 1.82) is 0 Å². The number of aromatic carboxylic acids is 1. The van der Waals surface area contributed by atoms with Crippen molar-refractivity contribution in [2.45, 2.75) is 33.0 Å². The van der Waals surface area contributed by atoms with Gasteiger partial charge in [-0.15, -0.1) is 0 Å². The van der Waals surface area contributed by atoms with Gasteiger partial charge in [-0.1, -0.05) is 72.8 Å². The number of carbonyl (C=O) groups is 3. The van der Waals surface area contributed by atoms with Crippen LogP contribution in [0.1, 0.15) is 58.9 Å². The number of carbonyl (C=O) groups excluding carboxylic acids is 2. The maximum atomic E-state index is 13.2. The predicted molar refractivity (Wildman–Crippen MR) is 235 cm³/mol. The first-order chi connectivity index (χ1) is 31.3. The van der Waals surface area contributed by atoms with E-state index in [1.165, 1.54) is 12.1 Å². The molecule has 0 aliphatic carbocycles. The lowest BCUT2D eigenvalue weighted by Crippen LogP contribution is -2.17. The van der Waals surface area contributed by atoms with Crippen LogP contribution < -0.4 is 20.3 Å². The fourth-order valence-corrected chi connectivity index (χ4v) is 6.19. The second kappa shape index (κ2) is 22.3. The Balaban J connectivity index is 0.866. The Labute approximate surface area is 367 Å². The lowest BCUT2D eigenvalue weighted by Gasteiger charge is -2.13. The first-order valence-electron chi connectivity index (χ1n) is 19.9. The molecule has 7 aromatic rings. The summed E-state index contributed by atoms with van der Waals surface area (Å²) in [6.07, 6.45) is 0. The lowest BCUT2D eigenvalue weighted by molar-refractivity contribution is -0.313. The third kappa shape index (κ3) is 12.8. The number of benzene rings is 7. The summed E-state index contributed by atoms with van der Waals surface area (Å²) in [7, 11) is 0. The molecule has 0 unspecified atom stereocenters. The van der Waals surface area contributed by atoms with Gasteiger partial charge in [0, 0.05) is 5.69 Å². The Morgan fingerprint density at radius 1 is 0.484 bits per heavy atom. The van der Waals surface area contributed by atoms with Gasteiger partial charge in [-0.3, -0.25) is 20.4 Å². The maximum absolute atomic E-state index is 13.2. The summed E-state index contributed by atoms with van der Waals surface area (Å²) in [4.78, 5) is 58.5. The van der Waals surface area contributed by atoms with Crippen molar-refractivity contribution in [2.24, 2.45) is 0 Å². The molecular weight excluding hydrogens is 821 g/mol. The van der Waals surface area contributed by atoms with Gasteiger partial charge in [0.05, 0.1) is 22.4 Å². The number of esters is 1. The zero-order valence-corrected chi connectivity index (χ0v) is 34.2. The van der Waals surface area contributed by atoms with Crippen LogP contribution in [0.15, 0.2) is 170 Å². The van der Waals surface area contributed by atoms with E-state index >= 15 is 0 Å². The Bertz CT molecular complexity index is 2620. The molecule has 0 aromatic heterocycles. The van der Waals surface area contributed by atoms with Crippen molar-refractivity contribution in [3.63, 3.8) is 0 Å². The highest BCUT2D eigenvalue weighted by Crippen LogP contribution is 2.29. The van der Waals surface area contributed by atoms with Crippen molar-refractivity contribution in [3.8, 4) is 23.0 Å². The van der Waals surface area contributed by atoms with E-state index in [0.717, 1.165) is 11.1 Å². The second-order valence-electron chi connectivity index (χ2n) is 14.1. The summed E-state index contributed by atoms with van der Waals surface area (Å²) in [5.41, 5.74) is 7.72. The smallest absolute Gasteiger partial charge is 0.338 e. The summed E-state index contributed by atoms with van der Waals surface area (Å²) in [5, 5.41) is 21.5. The molecule has 324 valence electrons. The number of hydrogen-bond acceptors (Lipinski definition) is 12. The molecule has 0 heterocycles. The van der Waals surface area contributed by atoms with E-state index in [4.69, 9.17) is 34.1 Å². The maximum Gasteiger partial charge on any atom is 0.338 e. The van der Waals surface area contributed by atoms with Crippen LogP contribution in [0.25, 0.3) is 0 Å². The topological polar surface area (TPSA) is 180 Å². The molecule has 0 bridgehead atoms. The minimum atomic E-state index is -1.24. The highest BCUT2D eigenvalue weighted by Gasteiger charge is 2.18. The van der Waals surface area contributed by atoms with Gasteiger partial charge in [-0.2, -0.15) is 0 Å². The Morgan fingerprint density at radius 3 is 1.61 bits per heavy atom. The number of carboxylic acids is 1. The van der Waals surface area contributed by atoms with E-state index in [1.807, 2.05) is 60.7 Å². The van der Waals surface area contributed by atoms with Crippen molar-refractivity contribution >= 4 is 29.2 Å². The molecule has 1 amide bonds. The molecule has 7 aromatic carbocycles. The molecule has 0 aliphatic heterocycles. The molecule has 7 rings (SSSR count). The summed E-state index contributed by atoms with van der Waals surface area (Å²) in [5.74, 6) is -0.139. The van der Waals surface area contributed by atoms with Crippen LogP contribution in [0.2, 0.25) is 0 Å². The minimum Gasteiger partial charge on any atom is -0.478 e. The molecule has 0 aliphatic rings. The van der Waals surface area contributed by atoms with Crippen molar-refractivity contribution < 1.29 is 58.5 Å². The normalized spacial score (nSPS) is 10.8. The molecule has 14 nitrogen and oxygen atoms in total. The molecule has 0 spiro atoms. The van der Waals surface area contributed by atoms with Crippen LogP contribution in [-0.2, 0) is 57.3 Å². The summed E-state index contributed by atoms with van der Waals surface area (Å²) in [6, 6.07) is 48.9. The van der Waals surface area contributed by atoms with Crippen molar-refractivity contribution in [2.75, 3.05) is 10.8 Å². The molecule has 0 radical (unpaired) electrons. The van der Waals surface area contributed by atoms with E-state index in [1.54, 1.807) is 97.1 Å². The van der Waals surface area contributed by atoms with Crippen LogP contribution in [0.3, 0.4) is 0 Å². The molecule has 14 heteroatoms. The molecule has 64 heavy (non-hydrogen) atoms. The van der Waals surface area contributed by atoms with Gasteiger partial charge in [0.1, 0.15) is 56.0 Å². The largest absolute Gasteiger partial charge is 0.478 e. The van der Waals surface area contributed by atoms with Gasteiger partial charge in [0.2, 0.25) is 0 Å². The molecule has 0 fully saturated rings. The van der Waals surface area contributed by atoms with E-state index < -0.39 is 17.8 Å². The van der Waals surface area contributed by atoms with Crippen LogP contribution in [0, 0.1) is 0 Å². The van der Waals surface area contributed by atoms with Gasteiger partial charge >= 0.3 is 11.9 Å². The van der Waals surface area contributed by atoms with E-state index in [2.05, 4.69) is 15.7 Å². The quantitative estimate of drug-likeness (QED) is 0.0232. The molecular formula is C50H42N2O12. The summed E-state index contributed by atoms with van der Waals surface area (Å²) in [6.45, 7) is 0.349. The fourth-order valence-electron chi connectivity index (χ4n) is 6.19. The fraction of sp³-hybridized carbons (Fsp3) is 0.100. The lowest BCUT2D eigenvalue weighted by atomic mass is 10.0. The van der Waals surface area contributed by atoms with E-state index in [-0.39, 0.29) is 44.2 Å². The Kier molecular flexibility index (Phi) is 15.4. The highest BCUT2D eigenvalue weighted by molar-refractivity contribution is 6.10. The number of amides is 1. The predicted octanol–water partition coefficient (Wildman–Crippen LogP) is 10.8. The van der Waals surface area contributed by atoms with Gasteiger partial charge in [0.15, 0.2) is 0 Å². The zero-order chi connectivity index (χ0) is 44.5. The Morgan fingerprint density at radius 2 is 1.03 bits per heavy atom. The second-order valence-corrected chi connectivity index (χ2v) is 14.1. The third-order valence-corrected chi connectivity index (χ3v) is 9.49. The third-order valence-electron chi connectivity index (χ3n) is 9.49. The van der Waals surface area contributed by atoms with Crippen LogP contribution in [0.4, 0.5) is 11.4 Å². The number of hydrogen-bond donors (Lipinski definition) is 4. The van der Waals surface area contributed by atoms with Gasteiger partial charge in [0.25, 0.3) is 5.91 Å². The first-order valence-corrected chi connectivity index (χ1v) is 19.9. The number of anilines is 2. The van der Waals surface area contributed by atoms with E-state index in [0.29, 0.717) is 56.6 Å². The zero-order valence-electron chi connectivity index (χ0n) is 34.2. The van der Waals surface area contributed by atoms with Crippen LogP contribution in [0.5, 0.6) is 23.0 Å². The average Bonchev–Trinajstić information content (AvgIpc) is 3.32. The Hall–Kier alpha value is -7.85. The van der Waals surface area contributed by atoms with Gasteiger partial charge < -0.3 is 24.6 Å². The van der Waals surface area contributed by atoms with E-state index in [9.17, 15) is 19.5 Å². The van der Waals surface area contributed by atoms with Gasteiger partial charge in [-0.25, -0.2) is 24.3 Å². The SMILES string of the molecule is O=C(OCc1ccccc1)c1ccc(COO)c(CONc2ccc(Oc3ccc(Oc4ccc(NC(=O)c5cc(COOCc6ccccc6)ccc5C(=O)O)cc4)cc3)cc2)c1. The summed E-state index contributed by atoms with van der Waals surface area (Å²) < 4.78 is 17.4. The van der Waals surface area contributed by atoms with Crippen molar-refractivity contribution in [1.82, 2.24) is 0 Å². The number of ether oxygens (including phenoxy) is 3. The molecule has 0 saturated carbocycles. The number of rotatable bonds is 21. The molecule has 4 N–H and O–H groups in total. The molecule has 0 saturated heterocycles. The van der Waals surface area contributed by atoms with Crippen molar-refractivity contribution in [3.05, 3.63) is 214 Å². The highest BCUT2D eigenvalue weighted by atomic mass is 17.2. The van der Waals surface area contributed by atoms with Gasteiger partial charge in [-0.05, 0) is 125 Å². The summed E-state index contributed by atoms with van der Waals surface area (Å²) >= 11 is 0. The average molecular weight is 863 g/mol. The first kappa shape index (κ1) is 44.2. The van der Waals surface area contributed by atoms with Crippen LogP contribution >= 0.6 is 0 Å². The standard InChI is InChI=1S/C50H42N2O12/c53-48(47-27-36(11-26-46(47)49(54)55)31-62-61-30-35-9-5-2-6-10-35)51-40-14-18-42(19-15-40)63-44-22-24-45(25-23-44)64-43-20-16-41(17-21-43)52-59-32-39-28-37(12-13-38(39)33-60-57)50(56)58-29-34-7-3-1-4-8-34/h1-28,52,57H,29-33H2,(H,51,53)(H,54,55). The minimum absolute atomic E-state index is 0.0106. The van der Waals surface area contributed by atoms with Crippen LogP contribution in [-0.4, -0.2) is 28.2 Å². The molecule has 0 atom stereocenters. The number of nitrogens with one attached hydrogen (secondary N) is 2. The number of carboxylic acid groups (broad SMARTS) is 1. The monoisotopic (exact) mass is 862 g/mol.